The number of likely N-dealkylation sites (tertiary alicyclic amines) is 2. The molecular formula is C13H20F2N2O3. The van der Waals surface area contributed by atoms with E-state index < -0.39 is 18.8 Å². The molecule has 0 saturated carbocycles. The molecule has 2 amide bonds. The van der Waals surface area contributed by atoms with Crippen LogP contribution in [0.3, 0.4) is 0 Å². The molecule has 2 heterocycles. The van der Waals surface area contributed by atoms with E-state index in [0.717, 1.165) is 6.42 Å². The van der Waals surface area contributed by atoms with Crippen molar-refractivity contribution in [2.75, 3.05) is 19.6 Å². The van der Waals surface area contributed by atoms with E-state index in [0.29, 0.717) is 13.0 Å². The van der Waals surface area contributed by atoms with E-state index in [4.69, 9.17) is 0 Å². The molecule has 5 nitrogen and oxygen atoms in total. The van der Waals surface area contributed by atoms with Crippen LogP contribution in [0.25, 0.3) is 0 Å². The van der Waals surface area contributed by atoms with E-state index in [2.05, 4.69) is 4.74 Å². The van der Waals surface area contributed by atoms with Gasteiger partial charge < -0.3 is 14.5 Å². The maximum absolute atomic E-state index is 12.3. The second-order valence-corrected chi connectivity index (χ2v) is 5.61. The van der Waals surface area contributed by atoms with Gasteiger partial charge >= 0.3 is 6.61 Å². The molecule has 114 valence electrons. The van der Waals surface area contributed by atoms with Gasteiger partial charge in [-0.25, -0.2) is 0 Å². The van der Waals surface area contributed by atoms with Crippen LogP contribution >= 0.6 is 0 Å². The van der Waals surface area contributed by atoms with E-state index >= 15 is 0 Å². The van der Waals surface area contributed by atoms with Crippen molar-refractivity contribution in [1.82, 2.24) is 9.80 Å². The number of nitrogens with zero attached hydrogens (tertiary/aromatic N) is 2. The monoisotopic (exact) mass is 290 g/mol. The number of ether oxygens (including phenoxy) is 1. The Morgan fingerprint density at radius 3 is 2.45 bits per heavy atom. The fourth-order valence-electron chi connectivity index (χ4n) is 2.68. The zero-order chi connectivity index (χ0) is 14.9. The molecule has 20 heavy (non-hydrogen) atoms. The Hall–Kier alpha value is -1.24. The van der Waals surface area contributed by atoms with E-state index in [9.17, 15) is 18.4 Å². The minimum Gasteiger partial charge on any atom is -0.336 e. The van der Waals surface area contributed by atoms with Gasteiger partial charge in [0.2, 0.25) is 11.8 Å². The second kappa shape index (κ2) is 6.03. The zero-order valence-electron chi connectivity index (χ0n) is 11.7. The quantitative estimate of drug-likeness (QED) is 0.778. The molecule has 7 heteroatoms. The summed E-state index contributed by atoms with van der Waals surface area (Å²) in [4.78, 5) is 27.4. The lowest BCUT2D eigenvalue weighted by atomic mass is 10.1. The summed E-state index contributed by atoms with van der Waals surface area (Å²) < 4.78 is 28.4. The summed E-state index contributed by atoms with van der Waals surface area (Å²) in [5.41, 5.74) is 0. The van der Waals surface area contributed by atoms with Gasteiger partial charge in [0.15, 0.2) is 0 Å². The largest absolute Gasteiger partial charge is 0.345 e. The van der Waals surface area contributed by atoms with Crippen molar-refractivity contribution in [2.45, 2.75) is 45.4 Å². The van der Waals surface area contributed by atoms with Crippen molar-refractivity contribution < 1.29 is 23.1 Å². The number of hydrogen-bond acceptors (Lipinski definition) is 3. The molecule has 2 rings (SSSR count). The Balaban J connectivity index is 1.88. The molecule has 0 bridgehead atoms. The standard InChI is InChI=1S/C13H20F2N2O3/c1-8(2)11(18)17-5-3-4-10(17)12(19)16-6-9(7-16)20-13(14)15/h8-10,13H,3-7H2,1-2H3. The summed E-state index contributed by atoms with van der Waals surface area (Å²) >= 11 is 0. The molecule has 1 unspecified atom stereocenters. The highest BCUT2D eigenvalue weighted by molar-refractivity contribution is 5.89. The van der Waals surface area contributed by atoms with Gasteiger partial charge in [0, 0.05) is 25.6 Å². The molecule has 0 aromatic carbocycles. The van der Waals surface area contributed by atoms with Gasteiger partial charge in [0.25, 0.3) is 0 Å². The van der Waals surface area contributed by atoms with Crippen LogP contribution in [0.5, 0.6) is 0 Å². The van der Waals surface area contributed by atoms with E-state index in [1.165, 1.54) is 4.90 Å². The van der Waals surface area contributed by atoms with Gasteiger partial charge in [-0.3, -0.25) is 9.59 Å². The Labute approximate surface area is 116 Å². The summed E-state index contributed by atoms with van der Waals surface area (Å²) in [5.74, 6) is -0.318. The highest BCUT2D eigenvalue weighted by Crippen LogP contribution is 2.24. The molecule has 0 spiro atoms. The van der Waals surface area contributed by atoms with E-state index in [1.807, 2.05) is 0 Å². The Morgan fingerprint density at radius 1 is 1.25 bits per heavy atom. The van der Waals surface area contributed by atoms with Gasteiger partial charge in [-0.1, -0.05) is 13.8 Å². The predicted molar refractivity (Wildman–Crippen MR) is 67.0 cm³/mol. The molecule has 0 aromatic rings. The fourth-order valence-corrected chi connectivity index (χ4v) is 2.68. The smallest absolute Gasteiger partial charge is 0.336 e. The number of hydrogen-bond donors (Lipinski definition) is 0. The highest BCUT2D eigenvalue weighted by Gasteiger charge is 2.41. The summed E-state index contributed by atoms with van der Waals surface area (Å²) in [5, 5.41) is 0. The Morgan fingerprint density at radius 2 is 1.90 bits per heavy atom. The minimum atomic E-state index is -2.80. The molecule has 2 aliphatic rings. The molecule has 0 aliphatic carbocycles. The molecule has 2 saturated heterocycles. The summed E-state index contributed by atoms with van der Waals surface area (Å²) in [6, 6.07) is -0.433. The van der Waals surface area contributed by atoms with Crippen molar-refractivity contribution in [3.05, 3.63) is 0 Å². The summed E-state index contributed by atoms with van der Waals surface area (Å²) in [6.07, 6.45) is 0.864. The maximum Gasteiger partial charge on any atom is 0.345 e. The first-order valence-electron chi connectivity index (χ1n) is 6.93. The van der Waals surface area contributed by atoms with Crippen molar-refractivity contribution in [3.8, 4) is 0 Å². The van der Waals surface area contributed by atoms with Crippen LogP contribution < -0.4 is 0 Å². The van der Waals surface area contributed by atoms with Gasteiger partial charge in [-0.15, -0.1) is 0 Å². The Bertz CT molecular complexity index is 384. The number of carbonyl (C=O) groups excluding carboxylic acids is 2. The average Bonchev–Trinajstić information content (AvgIpc) is 2.79. The normalized spacial score (nSPS) is 23.6. The van der Waals surface area contributed by atoms with Crippen molar-refractivity contribution >= 4 is 11.8 Å². The minimum absolute atomic E-state index is 0.0262. The number of rotatable bonds is 4. The third-order valence-corrected chi connectivity index (χ3v) is 3.77. The topological polar surface area (TPSA) is 49.9 Å². The highest BCUT2D eigenvalue weighted by atomic mass is 19.3. The summed E-state index contributed by atoms with van der Waals surface area (Å²) in [6.45, 7) is 1.77. The lowest BCUT2D eigenvalue weighted by molar-refractivity contribution is -0.200. The summed E-state index contributed by atoms with van der Waals surface area (Å²) in [7, 11) is 0. The van der Waals surface area contributed by atoms with Crippen molar-refractivity contribution in [3.63, 3.8) is 0 Å². The number of amides is 2. The molecule has 1 atom stereocenters. The third-order valence-electron chi connectivity index (χ3n) is 3.77. The van der Waals surface area contributed by atoms with Crippen LogP contribution in [0.15, 0.2) is 0 Å². The molecule has 2 aliphatic heterocycles. The van der Waals surface area contributed by atoms with Crippen LogP contribution in [0.4, 0.5) is 8.78 Å². The fraction of sp³-hybridized carbons (Fsp3) is 0.846. The molecular weight excluding hydrogens is 270 g/mol. The van der Waals surface area contributed by atoms with Gasteiger partial charge in [0.05, 0.1) is 6.10 Å². The third kappa shape index (κ3) is 3.08. The van der Waals surface area contributed by atoms with Gasteiger partial charge in [-0.2, -0.15) is 8.78 Å². The predicted octanol–water partition coefficient (Wildman–Crippen LogP) is 1.08. The van der Waals surface area contributed by atoms with Crippen molar-refractivity contribution in [1.29, 1.82) is 0 Å². The number of halogens is 2. The molecule has 0 N–H and O–H groups in total. The molecule has 2 fully saturated rings. The van der Waals surface area contributed by atoms with E-state index in [-0.39, 0.29) is 30.8 Å². The molecule has 0 aromatic heterocycles. The van der Waals surface area contributed by atoms with Gasteiger partial charge in [0.1, 0.15) is 6.04 Å². The Kier molecular flexibility index (Phi) is 4.57. The maximum atomic E-state index is 12.3. The number of alkyl halides is 2. The van der Waals surface area contributed by atoms with Crippen LogP contribution in [0.1, 0.15) is 26.7 Å². The van der Waals surface area contributed by atoms with Crippen LogP contribution in [0.2, 0.25) is 0 Å². The van der Waals surface area contributed by atoms with Gasteiger partial charge in [-0.05, 0) is 12.8 Å². The lowest BCUT2D eigenvalue weighted by Gasteiger charge is -2.41. The van der Waals surface area contributed by atoms with Crippen LogP contribution in [-0.2, 0) is 14.3 Å². The van der Waals surface area contributed by atoms with Crippen molar-refractivity contribution in [2.24, 2.45) is 5.92 Å². The van der Waals surface area contributed by atoms with E-state index in [1.54, 1.807) is 18.7 Å². The second-order valence-electron chi connectivity index (χ2n) is 5.61. The first kappa shape index (κ1) is 15.2. The lowest BCUT2D eigenvalue weighted by Crippen LogP contribution is -2.60. The molecule has 0 radical (unpaired) electrons. The van der Waals surface area contributed by atoms with Crippen LogP contribution in [0, 0.1) is 5.92 Å². The first-order valence-corrected chi connectivity index (χ1v) is 6.93. The average molecular weight is 290 g/mol. The zero-order valence-corrected chi connectivity index (χ0v) is 11.7. The van der Waals surface area contributed by atoms with Crippen LogP contribution in [-0.4, -0.2) is 60.0 Å². The number of carbonyl (C=O) groups is 2. The first-order chi connectivity index (χ1) is 9.40. The SMILES string of the molecule is CC(C)C(=O)N1CCCC1C(=O)N1CC(OC(F)F)C1.